The summed E-state index contributed by atoms with van der Waals surface area (Å²) in [6, 6.07) is 10.5. The van der Waals surface area contributed by atoms with E-state index in [0.29, 0.717) is 0 Å². The summed E-state index contributed by atoms with van der Waals surface area (Å²) >= 11 is 3.47. The van der Waals surface area contributed by atoms with Gasteiger partial charge in [0, 0.05) is 16.1 Å². The number of alkyl halides is 1. The maximum atomic E-state index is 6.05. The van der Waals surface area contributed by atoms with Gasteiger partial charge in [-0.25, -0.2) is 0 Å². The molecule has 0 fully saturated rings. The molecule has 0 heterocycles. The summed E-state index contributed by atoms with van der Waals surface area (Å²) in [5, 5.41) is 3.39. The summed E-state index contributed by atoms with van der Waals surface area (Å²) in [6.45, 7) is 5.76. The zero-order chi connectivity index (χ0) is 16.5. The Hall–Kier alpha value is -1.22. The Morgan fingerprint density at radius 3 is 2.26 bits per heavy atom. The van der Waals surface area contributed by atoms with Crippen LogP contribution in [0.2, 0.25) is 0 Å². The first-order valence-electron chi connectivity index (χ1n) is 8.61. The Morgan fingerprint density at radius 2 is 1.52 bits per heavy atom. The van der Waals surface area contributed by atoms with Crippen molar-refractivity contribution in [3.63, 3.8) is 0 Å². The molecule has 0 N–H and O–H groups in total. The minimum Gasteiger partial charge on any atom is -0.493 e. The first-order chi connectivity index (χ1) is 11.3. The highest BCUT2D eigenvalue weighted by molar-refractivity contribution is 9.09. The average molecular weight is 379 g/mol. The molecule has 0 aliphatic heterocycles. The topological polar surface area (TPSA) is 18.5 Å². The average Bonchev–Trinajstić information content (AvgIpc) is 2.56. The van der Waals surface area contributed by atoms with Gasteiger partial charge >= 0.3 is 0 Å². The van der Waals surface area contributed by atoms with Gasteiger partial charge in [0.2, 0.25) is 0 Å². The van der Waals surface area contributed by atoms with Gasteiger partial charge in [0.05, 0.1) is 13.2 Å². The van der Waals surface area contributed by atoms with Gasteiger partial charge in [-0.05, 0) is 44.4 Å². The van der Waals surface area contributed by atoms with Crippen LogP contribution in [0.15, 0.2) is 30.3 Å². The predicted molar refractivity (Wildman–Crippen MR) is 102 cm³/mol. The molecule has 0 spiro atoms. The first-order valence-corrected chi connectivity index (χ1v) is 9.73. The molecular weight excluding hydrogens is 352 g/mol. The van der Waals surface area contributed by atoms with E-state index in [2.05, 4.69) is 48.0 Å². The Labute approximate surface area is 148 Å². The fourth-order valence-electron chi connectivity index (χ4n) is 2.60. The van der Waals surface area contributed by atoms with Crippen molar-refractivity contribution >= 4 is 26.7 Å². The highest BCUT2D eigenvalue weighted by atomic mass is 79.9. The second-order valence-corrected chi connectivity index (χ2v) is 6.70. The summed E-state index contributed by atoms with van der Waals surface area (Å²) in [5.41, 5.74) is 1.24. The fourth-order valence-corrected chi connectivity index (χ4v) is 3.00. The number of unbranched alkanes of at least 4 members (excludes halogenated alkanes) is 3. The molecule has 3 heteroatoms. The van der Waals surface area contributed by atoms with E-state index in [0.717, 1.165) is 53.7 Å². The molecule has 0 radical (unpaired) electrons. The van der Waals surface area contributed by atoms with E-state index in [9.17, 15) is 0 Å². The quantitative estimate of drug-likeness (QED) is 0.358. The van der Waals surface area contributed by atoms with Crippen LogP contribution >= 0.6 is 15.9 Å². The van der Waals surface area contributed by atoms with Crippen molar-refractivity contribution < 1.29 is 9.47 Å². The molecule has 2 rings (SSSR count). The molecule has 0 aliphatic rings. The molecular formula is C20H27BrO2. The minimum atomic E-state index is 0.747. The van der Waals surface area contributed by atoms with E-state index in [-0.39, 0.29) is 0 Å². The Kier molecular flexibility index (Phi) is 7.73. The van der Waals surface area contributed by atoms with Gasteiger partial charge in [-0.15, -0.1) is 0 Å². The van der Waals surface area contributed by atoms with Crippen LogP contribution in [0.5, 0.6) is 11.5 Å². The van der Waals surface area contributed by atoms with Crippen molar-refractivity contribution in [1.29, 1.82) is 0 Å². The summed E-state index contributed by atoms with van der Waals surface area (Å²) in [4.78, 5) is 0. The molecule has 0 unspecified atom stereocenters. The van der Waals surface area contributed by atoms with Crippen LogP contribution in [0.1, 0.15) is 44.6 Å². The van der Waals surface area contributed by atoms with E-state index in [4.69, 9.17) is 9.47 Å². The van der Waals surface area contributed by atoms with E-state index >= 15 is 0 Å². The van der Waals surface area contributed by atoms with Crippen LogP contribution in [-0.2, 0) is 0 Å². The predicted octanol–water partition coefficient (Wildman–Crippen LogP) is 6.27. The Bertz CT molecular complexity index is 610. The number of hydrogen-bond donors (Lipinski definition) is 0. The van der Waals surface area contributed by atoms with Crippen molar-refractivity contribution in [3.8, 4) is 11.5 Å². The number of hydrogen-bond acceptors (Lipinski definition) is 2. The molecule has 2 aromatic carbocycles. The van der Waals surface area contributed by atoms with Crippen LogP contribution in [-0.4, -0.2) is 18.5 Å². The fraction of sp³-hybridized carbons (Fsp3) is 0.500. The van der Waals surface area contributed by atoms with Crippen LogP contribution in [0, 0.1) is 6.92 Å². The number of aryl methyl sites for hydroxylation is 1. The SMILES string of the molecule is CCCOc1ccc(OCCCCCCBr)c2cc(C)ccc12. The first kappa shape index (κ1) is 18.1. The van der Waals surface area contributed by atoms with Crippen molar-refractivity contribution in [2.24, 2.45) is 0 Å². The lowest BCUT2D eigenvalue weighted by molar-refractivity contribution is 0.305. The summed E-state index contributed by atoms with van der Waals surface area (Å²) in [6.07, 6.45) is 5.85. The number of benzene rings is 2. The normalized spacial score (nSPS) is 10.9. The summed E-state index contributed by atoms with van der Waals surface area (Å²) in [7, 11) is 0. The van der Waals surface area contributed by atoms with Crippen LogP contribution in [0.4, 0.5) is 0 Å². The number of ether oxygens (including phenoxy) is 2. The third-order valence-electron chi connectivity index (χ3n) is 3.84. The monoisotopic (exact) mass is 378 g/mol. The standard InChI is InChI=1S/C20H27BrO2/c1-3-13-22-19-10-11-20(23-14-7-5-4-6-12-21)18-15-16(2)8-9-17(18)19/h8-11,15H,3-7,12-14H2,1-2H3. The van der Waals surface area contributed by atoms with Gasteiger partial charge < -0.3 is 9.47 Å². The van der Waals surface area contributed by atoms with Crippen molar-refractivity contribution in [1.82, 2.24) is 0 Å². The van der Waals surface area contributed by atoms with E-state index in [1.54, 1.807) is 0 Å². The van der Waals surface area contributed by atoms with Gasteiger partial charge in [-0.3, -0.25) is 0 Å². The Balaban J connectivity index is 2.09. The van der Waals surface area contributed by atoms with Gasteiger partial charge in [0.25, 0.3) is 0 Å². The maximum absolute atomic E-state index is 6.05. The maximum Gasteiger partial charge on any atom is 0.127 e. The molecule has 0 atom stereocenters. The Morgan fingerprint density at radius 1 is 0.826 bits per heavy atom. The molecule has 0 aliphatic carbocycles. The summed E-state index contributed by atoms with van der Waals surface area (Å²) in [5.74, 6) is 1.92. The van der Waals surface area contributed by atoms with Gasteiger partial charge in [-0.2, -0.15) is 0 Å². The molecule has 0 amide bonds. The van der Waals surface area contributed by atoms with Crippen LogP contribution < -0.4 is 9.47 Å². The van der Waals surface area contributed by atoms with Crippen LogP contribution in [0.25, 0.3) is 10.8 Å². The molecule has 0 aromatic heterocycles. The molecule has 0 saturated carbocycles. The zero-order valence-corrected chi connectivity index (χ0v) is 15.8. The van der Waals surface area contributed by atoms with E-state index < -0.39 is 0 Å². The highest BCUT2D eigenvalue weighted by Gasteiger charge is 2.08. The zero-order valence-electron chi connectivity index (χ0n) is 14.2. The number of fused-ring (bicyclic) bond motifs is 1. The molecule has 2 nitrogen and oxygen atoms in total. The molecule has 126 valence electrons. The smallest absolute Gasteiger partial charge is 0.127 e. The third kappa shape index (κ3) is 5.42. The minimum absolute atomic E-state index is 0.747. The van der Waals surface area contributed by atoms with Crippen molar-refractivity contribution in [3.05, 3.63) is 35.9 Å². The second-order valence-electron chi connectivity index (χ2n) is 5.91. The highest BCUT2D eigenvalue weighted by Crippen LogP contribution is 2.34. The van der Waals surface area contributed by atoms with Crippen molar-refractivity contribution in [2.75, 3.05) is 18.5 Å². The molecule has 0 bridgehead atoms. The van der Waals surface area contributed by atoms with E-state index in [1.165, 1.54) is 24.8 Å². The van der Waals surface area contributed by atoms with Crippen LogP contribution in [0.3, 0.4) is 0 Å². The lowest BCUT2D eigenvalue weighted by atomic mass is 10.1. The van der Waals surface area contributed by atoms with Crippen molar-refractivity contribution in [2.45, 2.75) is 46.0 Å². The van der Waals surface area contributed by atoms with Gasteiger partial charge in [0.1, 0.15) is 11.5 Å². The molecule has 23 heavy (non-hydrogen) atoms. The number of halogens is 1. The molecule has 0 saturated heterocycles. The molecule has 2 aromatic rings. The second kappa shape index (κ2) is 9.82. The lowest BCUT2D eigenvalue weighted by Crippen LogP contribution is -2.00. The third-order valence-corrected chi connectivity index (χ3v) is 4.40. The van der Waals surface area contributed by atoms with Gasteiger partial charge in [0.15, 0.2) is 0 Å². The van der Waals surface area contributed by atoms with Gasteiger partial charge in [-0.1, -0.05) is 53.4 Å². The largest absolute Gasteiger partial charge is 0.493 e. The lowest BCUT2D eigenvalue weighted by Gasteiger charge is -2.14. The van der Waals surface area contributed by atoms with E-state index in [1.807, 2.05) is 12.1 Å². The number of rotatable bonds is 10. The summed E-state index contributed by atoms with van der Waals surface area (Å²) < 4.78 is 11.9.